The quantitative estimate of drug-likeness (QED) is 0.560. The van der Waals surface area contributed by atoms with E-state index in [2.05, 4.69) is 0 Å². The normalized spacial score (nSPS) is 38.4. The van der Waals surface area contributed by atoms with Gasteiger partial charge in [-0.05, 0) is 6.42 Å². The summed E-state index contributed by atoms with van der Waals surface area (Å²) >= 11 is 0. The maximum atomic E-state index is 9.64. The average Bonchev–Trinajstić information content (AvgIpc) is 2.18. The van der Waals surface area contributed by atoms with Gasteiger partial charge < -0.3 is 25.2 Å². The molecule has 0 aromatic heterocycles. The monoisotopic (exact) mass is 238 g/mol. The Kier molecular flexibility index (Phi) is 9.06. The van der Waals surface area contributed by atoms with E-state index in [1.165, 1.54) is 0 Å². The van der Waals surface area contributed by atoms with Crippen LogP contribution in [-0.2, 0) is 4.74 Å². The zero-order valence-corrected chi connectivity index (χ0v) is 8.21. The lowest BCUT2D eigenvalue weighted by Crippen LogP contribution is -2.55. The SMILES string of the molecule is C.C.CCCC1C(O)OC(CO)C(O)C1O. The molecule has 100 valence electrons. The Labute approximate surface area is 97.7 Å². The van der Waals surface area contributed by atoms with E-state index in [0.29, 0.717) is 6.42 Å². The predicted molar refractivity (Wildman–Crippen MR) is 61.8 cm³/mol. The molecule has 16 heavy (non-hydrogen) atoms. The first-order chi connectivity index (χ1) is 6.61. The fraction of sp³-hybridized carbons (Fsp3) is 1.00. The van der Waals surface area contributed by atoms with Gasteiger partial charge in [-0.15, -0.1) is 0 Å². The molecule has 0 aromatic rings. The van der Waals surface area contributed by atoms with Crippen molar-refractivity contribution in [2.75, 3.05) is 6.61 Å². The van der Waals surface area contributed by atoms with Gasteiger partial charge >= 0.3 is 0 Å². The van der Waals surface area contributed by atoms with Crippen molar-refractivity contribution in [2.45, 2.75) is 59.2 Å². The molecule has 5 atom stereocenters. The topological polar surface area (TPSA) is 90.2 Å². The molecule has 0 spiro atoms. The Morgan fingerprint density at radius 3 is 2.06 bits per heavy atom. The Hall–Kier alpha value is -0.200. The molecule has 0 radical (unpaired) electrons. The Morgan fingerprint density at radius 2 is 1.62 bits per heavy atom. The van der Waals surface area contributed by atoms with Crippen LogP contribution < -0.4 is 0 Å². The summed E-state index contributed by atoms with van der Waals surface area (Å²) < 4.78 is 4.98. The van der Waals surface area contributed by atoms with Gasteiger partial charge in [-0.3, -0.25) is 0 Å². The minimum Gasteiger partial charge on any atom is -0.394 e. The van der Waals surface area contributed by atoms with Crippen LogP contribution in [0.5, 0.6) is 0 Å². The molecule has 1 heterocycles. The zero-order chi connectivity index (χ0) is 10.7. The van der Waals surface area contributed by atoms with Crippen molar-refractivity contribution >= 4 is 0 Å². The second-order valence-electron chi connectivity index (χ2n) is 3.68. The van der Waals surface area contributed by atoms with Gasteiger partial charge in [0.15, 0.2) is 6.29 Å². The van der Waals surface area contributed by atoms with Crippen molar-refractivity contribution in [2.24, 2.45) is 5.92 Å². The summed E-state index contributed by atoms with van der Waals surface area (Å²) in [6.07, 6.45) is -2.79. The van der Waals surface area contributed by atoms with E-state index in [9.17, 15) is 15.3 Å². The largest absolute Gasteiger partial charge is 0.394 e. The van der Waals surface area contributed by atoms with Crippen LogP contribution in [-0.4, -0.2) is 51.6 Å². The minimum absolute atomic E-state index is 0. The van der Waals surface area contributed by atoms with E-state index in [-0.39, 0.29) is 14.9 Å². The number of hydrogen-bond donors (Lipinski definition) is 4. The lowest BCUT2D eigenvalue weighted by atomic mass is 9.88. The molecule has 1 rings (SSSR count). The van der Waals surface area contributed by atoms with Crippen LogP contribution in [0.25, 0.3) is 0 Å². The molecule has 1 aliphatic rings. The Balaban J connectivity index is 0. The van der Waals surface area contributed by atoms with Crippen LogP contribution in [0.3, 0.4) is 0 Å². The van der Waals surface area contributed by atoms with Crippen molar-refractivity contribution < 1.29 is 25.2 Å². The number of ether oxygens (including phenoxy) is 1. The highest BCUT2D eigenvalue weighted by Gasteiger charge is 2.42. The first-order valence-electron chi connectivity index (χ1n) is 4.92. The lowest BCUT2D eigenvalue weighted by Gasteiger charge is -2.40. The molecular formula is C11H26O5. The second kappa shape index (κ2) is 7.97. The summed E-state index contributed by atoms with van der Waals surface area (Å²) in [4.78, 5) is 0. The van der Waals surface area contributed by atoms with Crippen LogP contribution in [0.1, 0.15) is 34.6 Å². The molecule has 1 aliphatic heterocycles. The molecule has 1 fully saturated rings. The summed E-state index contributed by atoms with van der Waals surface area (Å²) in [5, 5.41) is 37.4. The molecule has 0 aliphatic carbocycles. The summed E-state index contributed by atoms with van der Waals surface area (Å²) in [7, 11) is 0. The van der Waals surface area contributed by atoms with Crippen LogP contribution in [0.4, 0.5) is 0 Å². The van der Waals surface area contributed by atoms with Gasteiger partial charge in [0.05, 0.1) is 12.7 Å². The van der Waals surface area contributed by atoms with Gasteiger partial charge in [0.25, 0.3) is 0 Å². The van der Waals surface area contributed by atoms with E-state index in [1.54, 1.807) is 0 Å². The van der Waals surface area contributed by atoms with Crippen LogP contribution in [0, 0.1) is 5.92 Å². The van der Waals surface area contributed by atoms with Crippen molar-refractivity contribution in [3.8, 4) is 0 Å². The van der Waals surface area contributed by atoms with Gasteiger partial charge in [0.1, 0.15) is 12.2 Å². The molecule has 5 heteroatoms. The van der Waals surface area contributed by atoms with Gasteiger partial charge in [-0.1, -0.05) is 28.2 Å². The van der Waals surface area contributed by atoms with Crippen LogP contribution in [0.2, 0.25) is 0 Å². The standard InChI is InChI=1S/C9H18O5.2CH4/c1-2-3-5-7(11)8(12)6(4-10)14-9(5)13;;/h5-13H,2-4H2,1H3;2*1H4. The zero-order valence-electron chi connectivity index (χ0n) is 8.21. The maximum Gasteiger partial charge on any atom is 0.160 e. The van der Waals surface area contributed by atoms with Gasteiger partial charge in [-0.25, -0.2) is 0 Å². The highest BCUT2D eigenvalue weighted by molar-refractivity contribution is 4.87. The third kappa shape index (κ3) is 3.68. The molecule has 4 N–H and O–H groups in total. The fourth-order valence-corrected chi connectivity index (χ4v) is 1.80. The smallest absolute Gasteiger partial charge is 0.160 e. The molecule has 0 amide bonds. The van der Waals surface area contributed by atoms with Gasteiger partial charge in [0.2, 0.25) is 0 Å². The third-order valence-corrected chi connectivity index (χ3v) is 2.65. The molecule has 0 bridgehead atoms. The lowest BCUT2D eigenvalue weighted by molar-refractivity contribution is -0.270. The van der Waals surface area contributed by atoms with E-state index >= 15 is 0 Å². The first-order valence-corrected chi connectivity index (χ1v) is 4.92. The first kappa shape index (κ1) is 18.2. The minimum atomic E-state index is -1.13. The Bertz CT molecular complexity index is 176. The van der Waals surface area contributed by atoms with Gasteiger partial charge in [-0.2, -0.15) is 0 Å². The van der Waals surface area contributed by atoms with Gasteiger partial charge in [0, 0.05) is 5.92 Å². The molecule has 5 unspecified atom stereocenters. The van der Waals surface area contributed by atoms with E-state index in [0.717, 1.165) is 6.42 Å². The summed E-state index contributed by atoms with van der Waals surface area (Å²) in [5.74, 6) is -0.474. The van der Waals surface area contributed by atoms with Crippen molar-refractivity contribution in [3.63, 3.8) is 0 Å². The van der Waals surface area contributed by atoms with Crippen LogP contribution in [0.15, 0.2) is 0 Å². The molecule has 5 nitrogen and oxygen atoms in total. The van der Waals surface area contributed by atoms with E-state index < -0.39 is 37.1 Å². The highest BCUT2D eigenvalue weighted by Crippen LogP contribution is 2.27. The second-order valence-corrected chi connectivity index (χ2v) is 3.68. The predicted octanol–water partition coefficient (Wildman–Crippen LogP) is 0.106. The average molecular weight is 238 g/mol. The fourth-order valence-electron chi connectivity index (χ4n) is 1.80. The van der Waals surface area contributed by atoms with Crippen molar-refractivity contribution in [3.05, 3.63) is 0 Å². The van der Waals surface area contributed by atoms with E-state index in [4.69, 9.17) is 9.84 Å². The number of rotatable bonds is 3. The molecule has 0 saturated carbocycles. The highest BCUT2D eigenvalue weighted by atomic mass is 16.6. The number of aliphatic hydroxyl groups excluding tert-OH is 4. The van der Waals surface area contributed by atoms with Crippen molar-refractivity contribution in [1.29, 1.82) is 0 Å². The summed E-state index contributed by atoms with van der Waals surface area (Å²) in [6, 6.07) is 0. The van der Waals surface area contributed by atoms with E-state index in [1.807, 2.05) is 6.92 Å². The van der Waals surface area contributed by atoms with Crippen molar-refractivity contribution in [1.82, 2.24) is 0 Å². The summed E-state index contributed by atoms with van der Waals surface area (Å²) in [6.45, 7) is 1.51. The third-order valence-electron chi connectivity index (χ3n) is 2.65. The molecular weight excluding hydrogens is 212 g/mol. The number of aliphatic hydroxyl groups is 4. The molecule has 0 aromatic carbocycles. The van der Waals surface area contributed by atoms with Crippen LogP contribution >= 0.6 is 0 Å². The summed E-state index contributed by atoms with van der Waals surface area (Å²) in [5.41, 5.74) is 0. The molecule has 1 saturated heterocycles. The maximum absolute atomic E-state index is 9.64. The Morgan fingerprint density at radius 1 is 1.06 bits per heavy atom. The number of hydrogen-bond acceptors (Lipinski definition) is 5.